The fraction of sp³-hybridized carbons (Fsp3) is 0.100. The molecule has 0 radical (unpaired) electrons. The van der Waals surface area contributed by atoms with E-state index in [9.17, 15) is 0 Å². The Hall–Kier alpha value is -1.77. The lowest BCUT2D eigenvalue weighted by molar-refractivity contribution is 1.03. The van der Waals surface area contributed by atoms with Crippen molar-refractivity contribution in [3.63, 3.8) is 0 Å². The molecule has 2 rings (SSSR count). The van der Waals surface area contributed by atoms with Gasteiger partial charge in [-0.15, -0.1) is 11.3 Å². The van der Waals surface area contributed by atoms with Crippen LogP contribution in [-0.4, -0.2) is 9.97 Å². The predicted molar refractivity (Wildman–Crippen MR) is 58.0 cm³/mol. The highest BCUT2D eigenvalue weighted by Gasteiger charge is 2.11. The standard InChI is InChI=1S/C10H8N4S/c11-4-8-10(15-9(5-12)14-8)7-2-1-3-13-6-7/h1-3,6H,5,12H2. The van der Waals surface area contributed by atoms with E-state index in [1.165, 1.54) is 11.3 Å². The Bertz CT molecular complexity index is 498. The summed E-state index contributed by atoms with van der Waals surface area (Å²) in [5, 5.41) is 9.69. The predicted octanol–water partition coefficient (Wildman–Crippen LogP) is 1.54. The molecule has 0 unspecified atom stereocenters. The van der Waals surface area contributed by atoms with Crippen LogP contribution in [0, 0.1) is 11.3 Å². The number of pyridine rings is 1. The molecule has 0 aliphatic carbocycles. The van der Waals surface area contributed by atoms with Gasteiger partial charge in [0.05, 0.1) is 4.88 Å². The van der Waals surface area contributed by atoms with E-state index in [0.29, 0.717) is 12.2 Å². The van der Waals surface area contributed by atoms with Crippen molar-refractivity contribution in [2.75, 3.05) is 0 Å². The molecule has 15 heavy (non-hydrogen) atoms. The third-order valence-electron chi connectivity index (χ3n) is 1.88. The Kier molecular flexibility index (Phi) is 2.72. The number of thiazole rings is 1. The highest BCUT2D eigenvalue weighted by atomic mass is 32.1. The van der Waals surface area contributed by atoms with Gasteiger partial charge < -0.3 is 5.73 Å². The largest absolute Gasteiger partial charge is 0.325 e. The first-order valence-corrected chi connectivity index (χ1v) is 5.17. The van der Waals surface area contributed by atoms with Gasteiger partial charge in [-0.2, -0.15) is 5.26 Å². The number of nitriles is 1. The third kappa shape index (κ3) is 1.86. The summed E-state index contributed by atoms with van der Waals surface area (Å²) >= 11 is 1.44. The van der Waals surface area contributed by atoms with Crippen LogP contribution in [0.25, 0.3) is 10.4 Å². The Morgan fingerprint density at radius 1 is 1.53 bits per heavy atom. The zero-order chi connectivity index (χ0) is 10.7. The van der Waals surface area contributed by atoms with Crippen LogP contribution in [0.2, 0.25) is 0 Å². The molecule has 0 spiro atoms. The summed E-state index contributed by atoms with van der Waals surface area (Å²) in [7, 11) is 0. The van der Waals surface area contributed by atoms with E-state index in [-0.39, 0.29) is 0 Å². The topological polar surface area (TPSA) is 75.6 Å². The lowest BCUT2D eigenvalue weighted by atomic mass is 10.2. The Morgan fingerprint density at radius 3 is 3.00 bits per heavy atom. The van der Waals surface area contributed by atoms with Crippen LogP contribution >= 0.6 is 11.3 Å². The Labute approximate surface area is 91.0 Å². The normalized spacial score (nSPS) is 9.87. The van der Waals surface area contributed by atoms with Crippen LogP contribution in [-0.2, 0) is 6.54 Å². The van der Waals surface area contributed by atoms with Crippen LogP contribution in [0.1, 0.15) is 10.7 Å². The van der Waals surface area contributed by atoms with E-state index in [1.807, 2.05) is 12.1 Å². The molecule has 0 bridgehead atoms. The molecule has 5 heteroatoms. The molecule has 4 nitrogen and oxygen atoms in total. The average molecular weight is 216 g/mol. The molecule has 2 N–H and O–H groups in total. The molecule has 74 valence electrons. The van der Waals surface area contributed by atoms with Crippen molar-refractivity contribution in [1.29, 1.82) is 5.26 Å². The smallest absolute Gasteiger partial charge is 0.159 e. The summed E-state index contributed by atoms with van der Waals surface area (Å²) in [6, 6.07) is 5.80. The molecular weight excluding hydrogens is 208 g/mol. The number of rotatable bonds is 2. The van der Waals surface area contributed by atoms with Crippen molar-refractivity contribution in [1.82, 2.24) is 9.97 Å². The van der Waals surface area contributed by atoms with E-state index in [2.05, 4.69) is 16.0 Å². The lowest BCUT2D eigenvalue weighted by Crippen LogP contribution is -1.94. The SMILES string of the molecule is N#Cc1nc(CN)sc1-c1cccnc1. The molecule has 0 fully saturated rings. The molecule has 0 saturated carbocycles. The van der Waals surface area contributed by atoms with E-state index in [1.54, 1.807) is 12.4 Å². The van der Waals surface area contributed by atoms with Gasteiger partial charge in [0.1, 0.15) is 11.1 Å². The van der Waals surface area contributed by atoms with Gasteiger partial charge in [-0.3, -0.25) is 4.98 Å². The van der Waals surface area contributed by atoms with E-state index in [4.69, 9.17) is 11.0 Å². The summed E-state index contributed by atoms with van der Waals surface area (Å²) in [6.45, 7) is 0.361. The lowest BCUT2D eigenvalue weighted by Gasteiger charge is -1.94. The van der Waals surface area contributed by atoms with E-state index < -0.39 is 0 Å². The van der Waals surface area contributed by atoms with Crippen molar-refractivity contribution >= 4 is 11.3 Å². The maximum absolute atomic E-state index is 8.92. The maximum Gasteiger partial charge on any atom is 0.159 e. The second-order valence-corrected chi connectivity index (χ2v) is 3.93. The van der Waals surface area contributed by atoms with E-state index in [0.717, 1.165) is 15.4 Å². The van der Waals surface area contributed by atoms with Gasteiger partial charge in [-0.05, 0) is 6.07 Å². The summed E-state index contributed by atoms with van der Waals surface area (Å²) in [4.78, 5) is 8.98. The van der Waals surface area contributed by atoms with Gasteiger partial charge in [0, 0.05) is 24.5 Å². The molecule has 2 heterocycles. The maximum atomic E-state index is 8.92. The van der Waals surface area contributed by atoms with Crippen LogP contribution in [0.3, 0.4) is 0 Å². The number of hydrogen-bond acceptors (Lipinski definition) is 5. The van der Waals surface area contributed by atoms with Crippen molar-refractivity contribution in [3.05, 3.63) is 35.2 Å². The van der Waals surface area contributed by atoms with Crippen molar-refractivity contribution in [2.45, 2.75) is 6.54 Å². The molecule has 2 aromatic rings. The molecule has 2 aromatic heterocycles. The van der Waals surface area contributed by atoms with Gasteiger partial charge in [0.15, 0.2) is 5.69 Å². The average Bonchev–Trinajstić information content (AvgIpc) is 2.73. The Morgan fingerprint density at radius 2 is 2.40 bits per heavy atom. The quantitative estimate of drug-likeness (QED) is 0.826. The van der Waals surface area contributed by atoms with Crippen LogP contribution in [0.5, 0.6) is 0 Å². The molecule has 0 aromatic carbocycles. The van der Waals surface area contributed by atoms with Crippen molar-refractivity contribution in [2.24, 2.45) is 5.73 Å². The highest BCUT2D eigenvalue weighted by molar-refractivity contribution is 7.15. The molecule has 0 amide bonds. The minimum absolute atomic E-state index is 0.361. The molecular formula is C10H8N4S. The summed E-state index contributed by atoms with van der Waals surface area (Å²) < 4.78 is 0. The summed E-state index contributed by atoms with van der Waals surface area (Å²) in [5.74, 6) is 0. The number of nitrogens with zero attached hydrogens (tertiary/aromatic N) is 3. The minimum Gasteiger partial charge on any atom is -0.325 e. The number of hydrogen-bond donors (Lipinski definition) is 1. The first-order chi connectivity index (χ1) is 7.35. The van der Waals surface area contributed by atoms with E-state index >= 15 is 0 Å². The highest BCUT2D eigenvalue weighted by Crippen LogP contribution is 2.28. The van der Waals surface area contributed by atoms with Crippen molar-refractivity contribution < 1.29 is 0 Å². The Balaban J connectivity index is 2.53. The zero-order valence-corrected chi connectivity index (χ0v) is 8.66. The number of aromatic nitrogens is 2. The van der Waals surface area contributed by atoms with Gasteiger partial charge in [0.2, 0.25) is 0 Å². The third-order valence-corrected chi connectivity index (χ3v) is 3.00. The van der Waals surface area contributed by atoms with Gasteiger partial charge >= 0.3 is 0 Å². The second-order valence-electron chi connectivity index (χ2n) is 2.84. The van der Waals surface area contributed by atoms with Gasteiger partial charge in [0.25, 0.3) is 0 Å². The van der Waals surface area contributed by atoms with Crippen LogP contribution in [0.4, 0.5) is 0 Å². The molecule has 0 atom stereocenters. The minimum atomic E-state index is 0.361. The molecule has 0 aliphatic heterocycles. The molecule has 0 aliphatic rings. The first-order valence-electron chi connectivity index (χ1n) is 4.35. The van der Waals surface area contributed by atoms with Crippen LogP contribution in [0.15, 0.2) is 24.5 Å². The molecule has 0 saturated heterocycles. The van der Waals surface area contributed by atoms with Crippen LogP contribution < -0.4 is 5.73 Å². The fourth-order valence-electron chi connectivity index (χ4n) is 1.22. The summed E-state index contributed by atoms with van der Waals surface area (Å²) in [5.41, 5.74) is 6.82. The fourth-order valence-corrected chi connectivity index (χ4v) is 2.10. The van der Waals surface area contributed by atoms with Gasteiger partial charge in [-0.1, -0.05) is 6.07 Å². The zero-order valence-electron chi connectivity index (χ0n) is 7.84. The summed E-state index contributed by atoms with van der Waals surface area (Å²) in [6.07, 6.45) is 3.41. The number of nitrogens with two attached hydrogens (primary N) is 1. The van der Waals surface area contributed by atoms with Gasteiger partial charge in [-0.25, -0.2) is 4.98 Å². The second kappa shape index (κ2) is 4.17. The monoisotopic (exact) mass is 216 g/mol. The van der Waals surface area contributed by atoms with Crippen molar-refractivity contribution in [3.8, 4) is 16.5 Å². The first kappa shape index (κ1) is 9.77.